The molecule has 0 aliphatic rings. The van der Waals surface area contributed by atoms with Crippen molar-refractivity contribution in [3.05, 3.63) is 30.1 Å². The summed E-state index contributed by atoms with van der Waals surface area (Å²) >= 11 is 0. The number of hydrogen-bond acceptors (Lipinski definition) is 5. The van der Waals surface area contributed by atoms with Crippen molar-refractivity contribution in [3.63, 3.8) is 0 Å². The molecule has 0 aromatic carbocycles. The van der Waals surface area contributed by atoms with Gasteiger partial charge in [0.15, 0.2) is 0 Å². The zero-order valence-electron chi connectivity index (χ0n) is 12.2. The second-order valence-corrected chi connectivity index (χ2v) is 4.70. The summed E-state index contributed by atoms with van der Waals surface area (Å²) in [6.07, 6.45) is 4.14. The van der Waals surface area contributed by atoms with Crippen LogP contribution < -0.4 is 0 Å². The Bertz CT molecular complexity index is 517. The standard InChI is InChI=1S/C15H19N5O/c1-19(9-3-6-16)15(21)13-20(10-4-7-17)12-14-5-2-8-18-11-14/h2,5,8,11H,3-4,9-10,12-13H2,1H3. The Balaban J connectivity index is 2.59. The molecule has 0 atom stereocenters. The molecule has 21 heavy (non-hydrogen) atoms. The first-order valence-corrected chi connectivity index (χ1v) is 6.76. The van der Waals surface area contributed by atoms with E-state index in [0.717, 1.165) is 5.56 Å². The van der Waals surface area contributed by atoms with E-state index in [1.807, 2.05) is 23.1 Å². The normalized spacial score (nSPS) is 9.90. The summed E-state index contributed by atoms with van der Waals surface area (Å²) in [5.74, 6) is -0.0490. The van der Waals surface area contributed by atoms with Crippen molar-refractivity contribution in [2.45, 2.75) is 19.4 Å². The third kappa shape index (κ3) is 6.51. The molecule has 0 fully saturated rings. The van der Waals surface area contributed by atoms with Crippen LogP contribution in [0.1, 0.15) is 18.4 Å². The summed E-state index contributed by atoms with van der Waals surface area (Å²) in [6.45, 7) is 1.77. The number of amides is 1. The molecule has 0 aliphatic carbocycles. The topological polar surface area (TPSA) is 84.0 Å². The van der Waals surface area contributed by atoms with E-state index >= 15 is 0 Å². The summed E-state index contributed by atoms with van der Waals surface area (Å²) in [7, 11) is 1.69. The Labute approximate surface area is 125 Å². The molecule has 6 heteroatoms. The quantitative estimate of drug-likeness (QED) is 0.716. The fourth-order valence-corrected chi connectivity index (χ4v) is 1.83. The fourth-order valence-electron chi connectivity index (χ4n) is 1.83. The van der Waals surface area contributed by atoms with Crippen LogP contribution >= 0.6 is 0 Å². The highest BCUT2D eigenvalue weighted by molar-refractivity contribution is 5.78. The molecular weight excluding hydrogens is 266 g/mol. The predicted molar refractivity (Wildman–Crippen MR) is 77.6 cm³/mol. The lowest BCUT2D eigenvalue weighted by atomic mass is 10.2. The molecule has 0 radical (unpaired) electrons. The zero-order valence-corrected chi connectivity index (χ0v) is 12.2. The van der Waals surface area contributed by atoms with Crippen molar-refractivity contribution in [1.29, 1.82) is 10.5 Å². The van der Waals surface area contributed by atoms with Crippen LogP contribution in [-0.4, -0.2) is 47.4 Å². The van der Waals surface area contributed by atoms with Gasteiger partial charge in [0.1, 0.15) is 0 Å². The van der Waals surface area contributed by atoms with Crippen molar-refractivity contribution in [2.24, 2.45) is 0 Å². The molecule has 6 nitrogen and oxygen atoms in total. The summed E-state index contributed by atoms with van der Waals surface area (Å²) in [5.41, 5.74) is 1.00. The molecule has 110 valence electrons. The largest absolute Gasteiger partial charge is 0.344 e. The summed E-state index contributed by atoms with van der Waals surface area (Å²) in [4.78, 5) is 19.6. The maximum absolute atomic E-state index is 12.1. The first kappa shape index (κ1) is 16.6. The Morgan fingerprint density at radius 1 is 1.29 bits per heavy atom. The Morgan fingerprint density at radius 2 is 2.00 bits per heavy atom. The molecule has 1 aromatic rings. The van der Waals surface area contributed by atoms with Gasteiger partial charge in [0, 0.05) is 45.5 Å². The van der Waals surface area contributed by atoms with E-state index in [1.165, 1.54) is 0 Å². The van der Waals surface area contributed by atoms with Crippen LogP contribution in [0.4, 0.5) is 0 Å². The van der Waals surface area contributed by atoms with Crippen LogP contribution in [0.25, 0.3) is 0 Å². The summed E-state index contributed by atoms with van der Waals surface area (Å²) < 4.78 is 0. The zero-order chi connectivity index (χ0) is 15.5. The first-order chi connectivity index (χ1) is 10.2. The third-order valence-electron chi connectivity index (χ3n) is 3.01. The molecule has 0 N–H and O–H groups in total. The van der Waals surface area contributed by atoms with E-state index < -0.39 is 0 Å². The van der Waals surface area contributed by atoms with Gasteiger partial charge in [0.2, 0.25) is 5.91 Å². The van der Waals surface area contributed by atoms with Gasteiger partial charge in [-0.3, -0.25) is 14.7 Å². The van der Waals surface area contributed by atoms with Gasteiger partial charge in [-0.25, -0.2) is 0 Å². The van der Waals surface area contributed by atoms with E-state index in [0.29, 0.717) is 32.5 Å². The molecule has 0 saturated carbocycles. The van der Waals surface area contributed by atoms with Gasteiger partial charge in [0.25, 0.3) is 0 Å². The van der Waals surface area contributed by atoms with Gasteiger partial charge in [-0.1, -0.05) is 6.07 Å². The molecule has 0 saturated heterocycles. The summed E-state index contributed by atoms with van der Waals surface area (Å²) in [5, 5.41) is 17.3. The van der Waals surface area contributed by atoms with Gasteiger partial charge in [-0.2, -0.15) is 10.5 Å². The average Bonchev–Trinajstić information content (AvgIpc) is 2.51. The number of aromatic nitrogens is 1. The van der Waals surface area contributed by atoms with Crippen molar-refractivity contribution in [3.8, 4) is 12.1 Å². The lowest BCUT2D eigenvalue weighted by molar-refractivity contribution is -0.131. The van der Waals surface area contributed by atoms with Gasteiger partial charge in [-0.15, -0.1) is 0 Å². The van der Waals surface area contributed by atoms with Crippen LogP contribution in [-0.2, 0) is 11.3 Å². The number of likely N-dealkylation sites (N-methyl/N-ethyl adjacent to an activating group) is 1. The average molecular weight is 285 g/mol. The number of hydrogen-bond donors (Lipinski definition) is 0. The highest BCUT2D eigenvalue weighted by atomic mass is 16.2. The summed E-state index contributed by atoms with van der Waals surface area (Å²) in [6, 6.07) is 7.90. The van der Waals surface area contributed by atoms with Crippen LogP contribution in [0, 0.1) is 22.7 Å². The minimum atomic E-state index is -0.0490. The van der Waals surface area contributed by atoms with Crippen LogP contribution in [0.15, 0.2) is 24.5 Å². The Morgan fingerprint density at radius 3 is 2.62 bits per heavy atom. The molecule has 1 heterocycles. The molecule has 0 unspecified atom stereocenters. The minimum Gasteiger partial charge on any atom is -0.344 e. The molecule has 0 spiro atoms. The fraction of sp³-hybridized carbons (Fsp3) is 0.467. The molecule has 0 bridgehead atoms. The van der Waals surface area contributed by atoms with Gasteiger partial charge >= 0.3 is 0 Å². The van der Waals surface area contributed by atoms with Crippen molar-refractivity contribution in [2.75, 3.05) is 26.7 Å². The van der Waals surface area contributed by atoms with Crippen molar-refractivity contribution in [1.82, 2.24) is 14.8 Å². The second kappa shape index (κ2) is 9.46. The second-order valence-electron chi connectivity index (χ2n) is 4.70. The third-order valence-corrected chi connectivity index (χ3v) is 3.01. The van der Waals surface area contributed by atoms with Crippen molar-refractivity contribution < 1.29 is 4.79 Å². The number of nitrogens with zero attached hydrogens (tertiary/aromatic N) is 5. The predicted octanol–water partition coefficient (Wildman–Crippen LogP) is 1.17. The van der Waals surface area contributed by atoms with E-state index in [4.69, 9.17) is 10.5 Å². The minimum absolute atomic E-state index is 0.0490. The van der Waals surface area contributed by atoms with E-state index in [2.05, 4.69) is 11.1 Å². The van der Waals surface area contributed by atoms with Gasteiger partial charge in [0.05, 0.1) is 25.1 Å². The maximum Gasteiger partial charge on any atom is 0.236 e. The number of pyridine rings is 1. The molecule has 1 amide bonds. The van der Waals surface area contributed by atoms with Gasteiger partial charge < -0.3 is 4.90 Å². The Hall–Kier alpha value is -2.44. The van der Waals surface area contributed by atoms with E-state index in [9.17, 15) is 4.79 Å². The SMILES string of the molecule is CN(CCC#N)C(=O)CN(CCC#N)Cc1cccnc1. The van der Waals surface area contributed by atoms with E-state index in [1.54, 1.807) is 24.3 Å². The van der Waals surface area contributed by atoms with Crippen LogP contribution in [0.5, 0.6) is 0 Å². The van der Waals surface area contributed by atoms with Crippen LogP contribution in [0.3, 0.4) is 0 Å². The molecule has 1 aromatic heterocycles. The maximum atomic E-state index is 12.1. The molecule has 1 rings (SSSR count). The highest BCUT2D eigenvalue weighted by Crippen LogP contribution is 2.04. The monoisotopic (exact) mass is 285 g/mol. The number of carbonyl (C=O) groups excluding carboxylic acids is 1. The molecule has 0 aliphatic heterocycles. The van der Waals surface area contributed by atoms with E-state index in [-0.39, 0.29) is 12.5 Å². The van der Waals surface area contributed by atoms with Crippen LogP contribution in [0.2, 0.25) is 0 Å². The lowest BCUT2D eigenvalue weighted by Crippen LogP contribution is -2.38. The molecular formula is C15H19N5O. The smallest absolute Gasteiger partial charge is 0.236 e. The Kier molecular flexibility index (Phi) is 7.49. The number of nitriles is 2. The number of carbonyl (C=O) groups is 1. The lowest BCUT2D eigenvalue weighted by Gasteiger charge is -2.24. The highest BCUT2D eigenvalue weighted by Gasteiger charge is 2.14. The number of rotatable bonds is 8. The van der Waals surface area contributed by atoms with Gasteiger partial charge in [-0.05, 0) is 11.6 Å². The first-order valence-electron chi connectivity index (χ1n) is 6.76. The van der Waals surface area contributed by atoms with Crippen molar-refractivity contribution >= 4 is 5.91 Å².